The first kappa shape index (κ1) is 16.3. The Labute approximate surface area is 148 Å². The number of halogens is 2. The first-order chi connectivity index (χ1) is 12.6. The number of likely N-dealkylation sites (tertiary alicyclic amines) is 1. The largest absolute Gasteiger partial charge is 0.338 e. The molecule has 1 aliphatic rings. The number of hydrogen-bond acceptors (Lipinski definition) is 4. The van der Waals surface area contributed by atoms with E-state index in [-0.39, 0.29) is 11.8 Å². The number of carbonyl (C=O) groups excluding carboxylic acids is 1. The summed E-state index contributed by atoms with van der Waals surface area (Å²) in [6.07, 6.45) is 2.05. The molecule has 0 unspecified atom stereocenters. The summed E-state index contributed by atoms with van der Waals surface area (Å²) in [7, 11) is 0. The fraction of sp³-hybridized carbons (Fsp3) is 0.222. The molecular weight excluding hydrogens is 340 g/mol. The summed E-state index contributed by atoms with van der Waals surface area (Å²) in [5.41, 5.74) is 1.87. The first-order valence-electron chi connectivity index (χ1n) is 8.17. The van der Waals surface area contributed by atoms with Crippen LogP contribution in [0.5, 0.6) is 0 Å². The van der Waals surface area contributed by atoms with E-state index in [1.807, 2.05) is 6.07 Å². The number of hydrogen-bond donors (Lipinski definition) is 0. The molecule has 1 fully saturated rings. The Bertz CT molecular complexity index is 939. The highest BCUT2D eigenvalue weighted by molar-refractivity contribution is 5.98. The van der Waals surface area contributed by atoms with Gasteiger partial charge < -0.3 is 4.90 Å². The molecule has 0 atom stereocenters. The highest BCUT2D eigenvalue weighted by atomic mass is 19.2. The van der Waals surface area contributed by atoms with E-state index in [2.05, 4.69) is 15.5 Å². The maximum absolute atomic E-state index is 13.3. The van der Waals surface area contributed by atoms with Gasteiger partial charge in [0.15, 0.2) is 11.6 Å². The Kier molecular flexibility index (Phi) is 4.16. The average molecular weight is 355 g/mol. The maximum Gasteiger partial charge on any atom is 0.256 e. The molecule has 1 amide bonds. The van der Waals surface area contributed by atoms with Crippen molar-refractivity contribution >= 4 is 5.91 Å². The minimum Gasteiger partial charge on any atom is -0.338 e. The molecule has 6 nitrogen and oxygen atoms in total. The predicted molar refractivity (Wildman–Crippen MR) is 88.6 cm³/mol. The Morgan fingerprint density at radius 2 is 1.92 bits per heavy atom. The van der Waals surface area contributed by atoms with Gasteiger partial charge >= 0.3 is 0 Å². The molecule has 0 aliphatic carbocycles. The quantitative estimate of drug-likeness (QED) is 0.720. The molecule has 26 heavy (non-hydrogen) atoms. The number of amides is 1. The van der Waals surface area contributed by atoms with Gasteiger partial charge in [0.25, 0.3) is 5.91 Å². The summed E-state index contributed by atoms with van der Waals surface area (Å²) in [5, 5.41) is 11.0. The topological polar surface area (TPSA) is 63.9 Å². The number of para-hydroxylation sites is 1. The monoisotopic (exact) mass is 355 g/mol. The van der Waals surface area contributed by atoms with Crippen molar-refractivity contribution in [1.82, 2.24) is 25.1 Å². The summed E-state index contributed by atoms with van der Waals surface area (Å²) in [6.45, 7) is 1.14. The second-order valence-corrected chi connectivity index (χ2v) is 6.30. The Morgan fingerprint density at radius 1 is 1.12 bits per heavy atom. The van der Waals surface area contributed by atoms with Crippen LogP contribution in [0.25, 0.3) is 5.69 Å². The van der Waals surface area contributed by atoms with Gasteiger partial charge in [-0.25, -0.2) is 8.78 Å². The molecule has 8 heteroatoms. The molecule has 1 aromatic heterocycles. The van der Waals surface area contributed by atoms with Crippen LogP contribution in [0, 0.1) is 17.6 Å². The summed E-state index contributed by atoms with van der Waals surface area (Å²) in [5.74, 6) is -1.56. The van der Waals surface area contributed by atoms with Crippen molar-refractivity contribution in [2.45, 2.75) is 6.42 Å². The summed E-state index contributed by atoms with van der Waals surface area (Å²) < 4.78 is 27.7. The van der Waals surface area contributed by atoms with Gasteiger partial charge in [-0.15, -0.1) is 5.10 Å². The number of benzene rings is 2. The van der Waals surface area contributed by atoms with Crippen LogP contribution in [0.4, 0.5) is 8.78 Å². The highest BCUT2D eigenvalue weighted by Crippen LogP contribution is 2.25. The van der Waals surface area contributed by atoms with E-state index in [0.29, 0.717) is 30.8 Å². The number of nitrogens with zero attached hydrogens (tertiary/aromatic N) is 5. The van der Waals surface area contributed by atoms with Crippen molar-refractivity contribution in [3.63, 3.8) is 0 Å². The molecule has 2 aromatic carbocycles. The fourth-order valence-corrected chi connectivity index (χ4v) is 3.16. The summed E-state index contributed by atoms with van der Waals surface area (Å²) >= 11 is 0. The van der Waals surface area contributed by atoms with E-state index in [1.165, 1.54) is 17.1 Å². The predicted octanol–water partition coefficient (Wildman–Crippen LogP) is 2.26. The maximum atomic E-state index is 13.3. The van der Waals surface area contributed by atoms with Gasteiger partial charge in [0, 0.05) is 13.1 Å². The van der Waals surface area contributed by atoms with Crippen molar-refractivity contribution in [2.75, 3.05) is 13.1 Å². The van der Waals surface area contributed by atoms with Crippen LogP contribution in [0.2, 0.25) is 0 Å². The summed E-state index contributed by atoms with van der Waals surface area (Å²) in [4.78, 5) is 14.5. The zero-order valence-electron chi connectivity index (χ0n) is 13.7. The lowest BCUT2D eigenvalue weighted by atomic mass is 9.91. The van der Waals surface area contributed by atoms with Crippen LogP contribution >= 0.6 is 0 Å². The second-order valence-electron chi connectivity index (χ2n) is 6.30. The van der Waals surface area contributed by atoms with Gasteiger partial charge in [-0.2, -0.15) is 4.68 Å². The van der Waals surface area contributed by atoms with E-state index in [4.69, 9.17) is 0 Å². The zero-order chi connectivity index (χ0) is 18.1. The van der Waals surface area contributed by atoms with Gasteiger partial charge in [-0.05, 0) is 52.6 Å². The van der Waals surface area contributed by atoms with E-state index in [1.54, 1.807) is 29.2 Å². The minimum atomic E-state index is -0.849. The normalized spacial score (nSPS) is 14.3. The van der Waals surface area contributed by atoms with Gasteiger partial charge in [0.05, 0.1) is 11.3 Å². The molecule has 2 heterocycles. The molecule has 1 saturated heterocycles. The lowest BCUT2D eigenvalue weighted by Gasteiger charge is -2.39. The van der Waals surface area contributed by atoms with Gasteiger partial charge in [-0.3, -0.25) is 4.79 Å². The SMILES string of the molecule is O=C(c1ccccc1-n1cnnn1)N1CC(Cc2ccc(F)c(F)c2)C1. The Morgan fingerprint density at radius 3 is 2.65 bits per heavy atom. The van der Waals surface area contributed by atoms with Crippen LogP contribution in [0.3, 0.4) is 0 Å². The van der Waals surface area contributed by atoms with E-state index in [0.717, 1.165) is 11.6 Å². The Balaban J connectivity index is 1.43. The third kappa shape index (κ3) is 3.05. The van der Waals surface area contributed by atoms with Crippen LogP contribution in [0.1, 0.15) is 15.9 Å². The number of rotatable bonds is 4. The van der Waals surface area contributed by atoms with E-state index < -0.39 is 11.6 Å². The summed E-state index contributed by atoms with van der Waals surface area (Å²) in [6, 6.07) is 11.1. The van der Waals surface area contributed by atoms with Crippen LogP contribution in [0.15, 0.2) is 48.8 Å². The zero-order valence-corrected chi connectivity index (χ0v) is 13.7. The first-order valence-corrected chi connectivity index (χ1v) is 8.17. The van der Waals surface area contributed by atoms with Crippen molar-refractivity contribution in [3.05, 3.63) is 71.6 Å². The lowest BCUT2D eigenvalue weighted by Crippen LogP contribution is -2.50. The molecule has 0 spiro atoms. The van der Waals surface area contributed by atoms with Crippen LogP contribution < -0.4 is 0 Å². The third-order valence-electron chi connectivity index (χ3n) is 4.48. The van der Waals surface area contributed by atoms with Gasteiger partial charge in [0.1, 0.15) is 6.33 Å². The van der Waals surface area contributed by atoms with Crippen molar-refractivity contribution in [1.29, 1.82) is 0 Å². The second kappa shape index (κ2) is 6.62. The Hall–Kier alpha value is -3.16. The molecule has 0 N–H and O–H groups in total. The molecule has 3 aromatic rings. The third-order valence-corrected chi connectivity index (χ3v) is 4.48. The minimum absolute atomic E-state index is 0.0994. The molecule has 132 valence electrons. The fourth-order valence-electron chi connectivity index (χ4n) is 3.16. The average Bonchev–Trinajstić information content (AvgIpc) is 3.15. The standard InChI is InChI=1S/C18H15F2N5O/c19-15-6-5-12(8-16(15)20)7-13-9-24(10-13)18(26)14-3-1-2-4-17(14)25-11-21-22-23-25/h1-6,8,11,13H,7,9-10H2. The molecular formula is C18H15F2N5O. The van der Waals surface area contributed by atoms with Gasteiger partial charge in [0.2, 0.25) is 0 Å². The molecule has 0 saturated carbocycles. The molecule has 0 bridgehead atoms. The van der Waals surface area contributed by atoms with E-state index in [9.17, 15) is 13.6 Å². The smallest absolute Gasteiger partial charge is 0.256 e. The van der Waals surface area contributed by atoms with Gasteiger partial charge in [-0.1, -0.05) is 18.2 Å². The number of tetrazole rings is 1. The molecule has 0 radical (unpaired) electrons. The molecule has 1 aliphatic heterocycles. The highest BCUT2D eigenvalue weighted by Gasteiger charge is 2.32. The number of aromatic nitrogens is 4. The molecule has 4 rings (SSSR count). The van der Waals surface area contributed by atoms with Crippen molar-refractivity contribution in [3.8, 4) is 5.69 Å². The van der Waals surface area contributed by atoms with E-state index >= 15 is 0 Å². The number of carbonyl (C=O) groups is 1. The van der Waals surface area contributed by atoms with Crippen molar-refractivity contribution < 1.29 is 13.6 Å². The van der Waals surface area contributed by atoms with Crippen LogP contribution in [-0.4, -0.2) is 44.1 Å². The lowest BCUT2D eigenvalue weighted by molar-refractivity contribution is 0.0501. The van der Waals surface area contributed by atoms with Crippen molar-refractivity contribution in [2.24, 2.45) is 5.92 Å². The van der Waals surface area contributed by atoms with Crippen LogP contribution in [-0.2, 0) is 6.42 Å².